The summed E-state index contributed by atoms with van der Waals surface area (Å²) in [5.74, 6) is 1.02. The molecular weight excluding hydrogens is 264 g/mol. The molecule has 0 spiro atoms. The van der Waals surface area contributed by atoms with Crippen LogP contribution >= 0.6 is 0 Å². The van der Waals surface area contributed by atoms with Gasteiger partial charge in [0.2, 0.25) is 5.88 Å². The van der Waals surface area contributed by atoms with Crippen molar-refractivity contribution in [1.82, 2.24) is 9.97 Å². The largest absolute Gasteiger partial charge is 0.481 e. The van der Waals surface area contributed by atoms with Crippen LogP contribution in [0.25, 0.3) is 22.0 Å². The lowest BCUT2D eigenvalue weighted by molar-refractivity contribution is 0.398. The van der Waals surface area contributed by atoms with Gasteiger partial charge in [0, 0.05) is 34.3 Å². The van der Waals surface area contributed by atoms with Crippen molar-refractivity contribution in [3.63, 3.8) is 0 Å². The second-order valence-corrected chi connectivity index (χ2v) is 4.87. The van der Waals surface area contributed by atoms with E-state index < -0.39 is 0 Å². The molecule has 0 bridgehead atoms. The molecule has 0 saturated carbocycles. The van der Waals surface area contributed by atoms with Crippen LogP contribution < -0.4 is 16.2 Å². The molecule has 0 radical (unpaired) electrons. The first-order valence-electron chi connectivity index (χ1n) is 6.56. The fraction of sp³-hybridized carbons (Fsp3) is 0.125. The third-order valence-electron chi connectivity index (χ3n) is 3.54. The van der Waals surface area contributed by atoms with E-state index in [1.807, 2.05) is 31.2 Å². The molecule has 3 rings (SSSR count). The maximum Gasteiger partial charge on any atom is 0.212 e. The van der Waals surface area contributed by atoms with E-state index in [0.29, 0.717) is 11.7 Å². The van der Waals surface area contributed by atoms with Gasteiger partial charge in [0.1, 0.15) is 5.82 Å². The molecule has 5 nitrogen and oxygen atoms in total. The molecule has 0 unspecified atom stereocenters. The van der Waals surface area contributed by atoms with E-state index in [2.05, 4.69) is 9.97 Å². The summed E-state index contributed by atoms with van der Waals surface area (Å²) in [6.45, 7) is 1.97. The summed E-state index contributed by atoms with van der Waals surface area (Å²) in [4.78, 5) is 8.63. The van der Waals surface area contributed by atoms with E-state index in [1.54, 1.807) is 19.4 Å². The number of pyridine rings is 2. The molecular formula is C16H16N4O. The van der Waals surface area contributed by atoms with Gasteiger partial charge in [-0.15, -0.1) is 0 Å². The van der Waals surface area contributed by atoms with Gasteiger partial charge < -0.3 is 16.2 Å². The minimum Gasteiger partial charge on any atom is -0.481 e. The van der Waals surface area contributed by atoms with Crippen LogP contribution in [0.3, 0.4) is 0 Å². The molecule has 2 aromatic heterocycles. The number of ether oxygens (including phenoxy) is 1. The Morgan fingerprint density at radius 2 is 1.86 bits per heavy atom. The highest BCUT2D eigenvalue weighted by atomic mass is 16.5. The Kier molecular flexibility index (Phi) is 3.10. The molecule has 2 heterocycles. The number of hydrogen-bond donors (Lipinski definition) is 2. The number of rotatable bonds is 2. The quantitative estimate of drug-likeness (QED) is 0.705. The van der Waals surface area contributed by atoms with Crippen molar-refractivity contribution in [2.75, 3.05) is 18.6 Å². The number of nitrogen functional groups attached to an aromatic ring is 2. The molecule has 0 amide bonds. The number of anilines is 2. The first-order valence-corrected chi connectivity index (χ1v) is 6.56. The lowest BCUT2D eigenvalue weighted by Gasteiger charge is -2.10. The van der Waals surface area contributed by atoms with Gasteiger partial charge in [-0.1, -0.05) is 12.1 Å². The molecule has 0 aliphatic heterocycles. The van der Waals surface area contributed by atoms with Crippen molar-refractivity contribution in [2.45, 2.75) is 6.92 Å². The van der Waals surface area contributed by atoms with Crippen molar-refractivity contribution in [3.8, 4) is 17.1 Å². The Bertz CT molecular complexity index is 813. The molecule has 1 aromatic carbocycles. The number of benzene rings is 1. The number of hydrogen-bond acceptors (Lipinski definition) is 5. The predicted octanol–water partition coefficient (Wildman–Crippen LogP) is 2.78. The fourth-order valence-corrected chi connectivity index (χ4v) is 2.28. The molecule has 106 valence electrons. The Labute approximate surface area is 122 Å². The molecule has 4 N–H and O–H groups in total. The number of fused-ring (bicyclic) bond motifs is 1. The lowest BCUT2D eigenvalue weighted by atomic mass is 10.0. The zero-order valence-electron chi connectivity index (χ0n) is 11.9. The number of nitrogens with zero attached hydrogens (tertiary/aromatic N) is 2. The van der Waals surface area contributed by atoms with Gasteiger partial charge in [0.15, 0.2) is 0 Å². The average Bonchev–Trinajstić information content (AvgIpc) is 2.51. The summed E-state index contributed by atoms with van der Waals surface area (Å²) >= 11 is 0. The second kappa shape index (κ2) is 4.94. The summed E-state index contributed by atoms with van der Waals surface area (Å²) in [7, 11) is 1.58. The summed E-state index contributed by atoms with van der Waals surface area (Å²) in [5, 5.41) is 1.77. The zero-order valence-corrected chi connectivity index (χ0v) is 11.9. The Balaban J connectivity index is 2.21. The van der Waals surface area contributed by atoms with Gasteiger partial charge in [-0.05, 0) is 24.6 Å². The first kappa shape index (κ1) is 13.2. The zero-order chi connectivity index (χ0) is 15.0. The molecule has 3 aromatic rings. The summed E-state index contributed by atoms with van der Waals surface area (Å²) in [6.07, 6.45) is 1.71. The normalized spacial score (nSPS) is 10.8. The van der Waals surface area contributed by atoms with E-state index >= 15 is 0 Å². The van der Waals surface area contributed by atoms with Crippen molar-refractivity contribution < 1.29 is 4.74 Å². The van der Waals surface area contributed by atoms with Crippen molar-refractivity contribution >= 4 is 22.3 Å². The van der Waals surface area contributed by atoms with E-state index in [-0.39, 0.29) is 0 Å². The number of aryl methyl sites for hydroxylation is 1. The topological polar surface area (TPSA) is 87.0 Å². The van der Waals surface area contributed by atoms with E-state index in [1.165, 1.54) is 0 Å². The fourth-order valence-electron chi connectivity index (χ4n) is 2.28. The molecule has 0 fully saturated rings. The van der Waals surface area contributed by atoms with Crippen LogP contribution in [0.5, 0.6) is 5.88 Å². The highest BCUT2D eigenvalue weighted by Crippen LogP contribution is 2.31. The minimum atomic E-state index is 0.463. The maximum atomic E-state index is 6.16. The van der Waals surface area contributed by atoms with Gasteiger partial charge in [-0.25, -0.2) is 9.97 Å². The van der Waals surface area contributed by atoms with Gasteiger partial charge in [0.25, 0.3) is 0 Å². The van der Waals surface area contributed by atoms with Gasteiger partial charge in [-0.3, -0.25) is 0 Å². The van der Waals surface area contributed by atoms with Crippen LogP contribution in [-0.4, -0.2) is 17.1 Å². The van der Waals surface area contributed by atoms with Crippen LogP contribution in [0, 0.1) is 6.92 Å². The molecule has 0 aliphatic rings. The highest BCUT2D eigenvalue weighted by Gasteiger charge is 2.09. The lowest BCUT2D eigenvalue weighted by Crippen LogP contribution is -1.98. The monoisotopic (exact) mass is 280 g/mol. The molecule has 0 saturated heterocycles. The smallest absolute Gasteiger partial charge is 0.212 e. The van der Waals surface area contributed by atoms with Crippen LogP contribution in [0.15, 0.2) is 36.5 Å². The standard InChI is InChI=1S/C16H16N4O/c1-9-3-5-11-12(15(9)17)7-13(20-16(11)18)10-4-6-14(21-2)19-8-10/h3-8H,17H2,1-2H3,(H2,18,20). The van der Waals surface area contributed by atoms with Crippen LogP contribution in [-0.2, 0) is 0 Å². The van der Waals surface area contributed by atoms with Gasteiger partial charge in [0.05, 0.1) is 12.8 Å². The van der Waals surface area contributed by atoms with Crippen LogP contribution in [0.2, 0.25) is 0 Å². The molecule has 0 atom stereocenters. The molecule has 0 aliphatic carbocycles. The van der Waals surface area contributed by atoms with Gasteiger partial charge in [-0.2, -0.15) is 0 Å². The summed E-state index contributed by atoms with van der Waals surface area (Å²) < 4.78 is 5.06. The van der Waals surface area contributed by atoms with E-state index in [0.717, 1.165) is 33.3 Å². The summed E-state index contributed by atoms with van der Waals surface area (Å²) in [6, 6.07) is 9.52. The number of methoxy groups -OCH3 is 1. The van der Waals surface area contributed by atoms with Gasteiger partial charge >= 0.3 is 0 Å². The molecule has 21 heavy (non-hydrogen) atoms. The Hall–Kier alpha value is -2.82. The van der Waals surface area contributed by atoms with Crippen molar-refractivity contribution in [3.05, 3.63) is 42.1 Å². The summed E-state index contributed by atoms with van der Waals surface area (Å²) in [5.41, 5.74) is 15.6. The first-order chi connectivity index (χ1) is 10.1. The van der Waals surface area contributed by atoms with Crippen LogP contribution in [0.4, 0.5) is 11.5 Å². The van der Waals surface area contributed by atoms with Crippen LogP contribution in [0.1, 0.15) is 5.56 Å². The Morgan fingerprint density at radius 3 is 2.52 bits per heavy atom. The van der Waals surface area contributed by atoms with Crippen molar-refractivity contribution in [1.29, 1.82) is 0 Å². The minimum absolute atomic E-state index is 0.463. The molecule has 5 heteroatoms. The predicted molar refractivity (Wildman–Crippen MR) is 85.1 cm³/mol. The number of aromatic nitrogens is 2. The SMILES string of the molecule is COc1ccc(-c2cc3c(N)c(C)ccc3c(N)n2)cn1. The Morgan fingerprint density at radius 1 is 1.05 bits per heavy atom. The third-order valence-corrected chi connectivity index (χ3v) is 3.54. The van der Waals surface area contributed by atoms with E-state index in [4.69, 9.17) is 16.2 Å². The third kappa shape index (κ3) is 2.23. The van der Waals surface area contributed by atoms with Crippen molar-refractivity contribution in [2.24, 2.45) is 0 Å². The second-order valence-electron chi connectivity index (χ2n) is 4.87. The average molecular weight is 280 g/mol. The van der Waals surface area contributed by atoms with E-state index in [9.17, 15) is 0 Å². The number of nitrogens with two attached hydrogens (primary N) is 2. The maximum absolute atomic E-state index is 6.16. The highest BCUT2D eigenvalue weighted by molar-refractivity contribution is 6.01.